The summed E-state index contributed by atoms with van der Waals surface area (Å²) in [5.41, 5.74) is 2.31. The van der Waals surface area contributed by atoms with Crippen LogP contribution in [0.4, 0.5) is 11.6 Å². The minimum atomic E-state index is -3.75. The predicted octanol–water partition coefficient (Wildman–Crippen LogP) is 1.62. The van der Waals surface area contributed by atoms with E-state index in [9.17, 15) is 8.42 Å². The van der Waals surface area contributed by atoms with Gasteiger partial charge in [0, 0.05) is 38.4 Å². The Bertz CT molecular complexity index is 1470. The minimum absolute atomic E-state index is 0.0284. The molecule has 12 nitrogen and oxygen atoms in total. The predicted molar refractivity (Wildman–Crippen MR) is 137 cm³/mol. The van der Waals surface area contributed by atoms with Crippen molar-refractivity contribution in [1.82, 2.24) is 25.0 Å². The van der Waals surface area contributed by atoms with Crippen LogP contribution in [0.5, 0.6) is 11.6 Å². The first-order valence-corrected chi connectivity index (χ1v) is 13.1. The summed E-state index contributed by atoms with van der Waals surface area (Å²) in [5, 5.41) is 13.3. The lowest BCUT2D eigenvalue weighted by molar-refractivity contribution is 0.288. The summed E-state index contributed by atoms with van der Waals surface area (Å²) in [4.78, 5) is 13.4. The average Bonchev–Trinajstić information content (AvgIpc) is 3.41. The van der Waals surface area contributed by atoms with Crippen LogP contribution in [0.25, 0.3) is 5.69 Å². The molecule has 0 spiro atoms. The summed E-state index contributed by atoms with van der Waals surface area (Å²) < 4.78 is 35.7. The zero-order chi connectivity index (χ0) is 25.8. The average molecular weight is 523 g/mol. The third-order valence-electron chi connectivity index (χ3n) is 5.94. The minimum Gasteiger partial charge on any atom is -0.495 e. The molecule has 2 N–H and O–H groups in total. The van der Waals surface area contributed by atoms with E-state index >= 15 is 0 Å². The molecule has 0 amide bonds. The standard InChI is InChI=1S/C24H26N8O4S/c1-35-22-5-3-2-4-21(22)30-12-14-31(15-13-30)24-26-11-10-23(27-24)36-17-18-16-32(29-28-18)19-6-8-20(9-7-19)37(25,33)34/h2-11,16H,12-15,17H2,1H3,(H2,25,33,34). The van der Waals surface area contributed by atoms with Gasteiger partial charge in [-0.2, -0.15) is 4.98 Å². The van der Waals surface area contributed by atoms with E-state index in [1.807, 2.05) is 18.2 Å². The maximum atomic E-state index is 11.4. The molecule has 37 heavy (non-hydrogen) atoms. The topological polar surface area (TPSA) is 142 Å². The third kappa shape index (κ3) is 5.62. The fourth-order valence-electron chi connectivity index (χ4n) is 4.03. The monoisotopic (exact) mass is 522 g/mol. The first-order valence-electron chi connectivity index (χ1n) is 11.5. The highest BCUT2D eigenvalue weighted by atomic mass is 32.2. The Morgan fingerprint density at radius 1 is 0.973 bits per heavy atom. The van der Waals surface area contributed by atoms with Crippen LogP contribution in [0, 0.1) is 0 Å². The molecule has 0 radical (unpaired) electrons. The van der Waals surface area contributed by atoms with Gasteiger partial charge in [0.1, 0.15) is 18.1 Å². The number of hydrogen-bond acceptors (Lipinski definition) is 10. The molecule has 0 atom stereocenters. The Hall–Kier alpha value is -4.23. The second-order valence-corrected chi connectivity index (χ2v) is 9.88. The first kappa shape index (κ1) is 24.5. The summed E-state index contributed by atoms with van der Waals surface area (Å²) in [6, 6.07) is 15.7. The van der Waals surface area contributed by atoms with Gasteiger partial charge in [0.05, 0.1) is 29.6 Å². The highest BCUT2D eigenvalue weighted by Gasteiger charge is 2.21. The number of para-hydroxylation sites is 2. The lowest BCUT2D eigenvalue weighted by Crippen LogP contribution is -2.47. The Balaban J connectivity index is 1.19. The summed E-state index contributed by atoms with van der Waals surface area (Å²) >= 11 is 0. The Kier molecular flexibility index (Phi) is 6.88. The van der Waals surface area contributed by atoms with E-state index < -0.39 is 10.0 Å². The highest BCUT2D eigenvalue weighted by Crippen LogP contribution is 2.29. The van der Waals surface area contributed by atoms with E-state index in [4.69, 9.17) is 14.6 Å². The summed E-state index contributed by atoms with van der Waals surface area (Å²) in [5.74, 6) is 1.90. The van der Waals surface area contributed by atoms with Crippen molar-refractivity contribution >= 4 is 21.7 Å². The van der Waals surface area contributed by atoms with E-state index in [1.165, 1.54) is 16.8 Å². The van der Waals surface area contributed by atoms with Crippen molar-refractivity contribution in [2.75, 3.05) is 43.1 Å². The summed E-state index contributed by atoms with van der Waals surface area (Å²) in [6.07, 6.45) is 3.37. The summed E-state index contributed by atoms with van der Waals surface area (Å²) in [6.45, 7) is 3.32. The van der Waals surface area contributed by atoms with Crippen molar-refractivity contribution < 1.29 is 17.9 Å². The molecule has 0 bridgehead atoms. The molecule has 1 aliphatic heterocycles. The largest absolute Gasteiger partial charge is 0.495 e. The second kappa shape index (κ2) is 10.4. The third-order valence-corrected chi connectivity index (χ3v) is 6.87. The molecule has 0 unspecified atom stereocenters. The SMILES string of the molecule is COc1ccccc1N1CCN(c2nccc(OCc3cn(-c4ccc(S(N)(=O)=O)cc4)nn3)n2)CC1. The maximum absolute atomic E-state index is 11.4. The molecule has 192 valence electrons. The normalized spacial score (nSPS) is 14.0. The van der Waals surface area contributed by atoms with E-state index in [0.29, 0.717) is 23.2 Å². The van der Waals surface area contributed by atoms with Crippen LogP contribution in [0.3, 0.4) is 0 Å². The molecule has 0 aliphatic carbocycles. The van der Waals surface area contributed by atoms with Gasteiger partial charge in [-0.25, -0.2) is 23.2 Å². The van der Waals surface area contributed by atoms with Crippen LogP contribution in [-0.2, 0) is 16.6 Å². The lowest BCUT2D eigenvalue weighted by Gasteiger charge is -2.36. The molecule has 1 fully saturated rings. The molecule has 3 heterocycles. The smallest absolute Gasteiger partial charge is 0.238 e. The van der Waals surface area contributed by atoms with Crippen molar-refractivity contribution in [1.29, 1.82) is 0 Å². The van der Waals surface area contributed by atoms with Gasteiger partial charge in [0.2, 0.25) is 21.9 Å². The lowest BCUT2D eigenvalue weighted by atomic mass is 10.2. The van der Waals surface area contributed by atoms with Crippen molar-refractivity contribution in [2.24, 2.45) is 5.14 Å². The Morgan fingerprint density at radius 2 is 1.70 bits per heavy atom. The van der Waals surface area contributed by atoms with Crippen molar-refractivity contribution in [3.05, 3.63) is 72.7 Å². The molecular weight excluding hydrogens is 496 g/mol. The Morgan fingerprint density at radius 3 is 2.43 bits per heavy atom. The zero-order valence-electron chi connectivity index (χ0n) is 20.1. The molecule has 2 aromatic carbocycles. The van der Waals surface area contributed by atoms with Gasteiger partial charge in [0.25, 0.3) is 0 Å². The number of benzene rings is 2. The zero-order valence-corrected chi connectivity index (χ0v) is 21.0. The van der Waals surface area contributed by atoms with Crippen LogP contribution in [0.15, 0.2) is 71.9 Å². The molecule has 5 rings (SSSR count). The van der Waals surface area contributed by atoms with Gasteiger partial charge in [0.15, 0.2) is 0 Å². The van der Waals surface area contributed by atoms with Gasteiger partial charge in [-0.15, -0.1) is 5.10 Å². The van der Waals surface area contributed by atoms with Gasteiger partial charge in [-0.3, -0.25) is 0 Å². The van der Waals surface area contributed by atoms with Gasteiger partial charge < -0.3 is 19.3 Å². The van der Waals surface area contributed by atoms with Crippen LogP contribution >= 0.6 is 0 Å². The first-order chi connectivity index (χ1) is 17.9. The number of nitrogens with zero attached hydrogens (tertiary/aromatic N) is 7. The van der Waals surface area contributed by atoms with E-state index in [1.54, 1.807) is 37.7 Å². The van der Waals surface area contributed by atoms with Crippen molar-refractivity contribution in [2.45, 2.75) is 11.5 Å². The fraction of sp³-hybridized carbons (Fsp3) is 0.250. The van der Waals surface area contributed by atoms with E-state index in [2.05, 4.69) is 36.1 Å². The molecular formula is C24H26N8O4S. The number of methoxy groups -OCH3 is 1. The number of nitrogens with two attached hydrogens (primary N) is 1. The van der Waals surface area contributed by atoms with E-state index in [0.717, 1.165) is 37.6 Å². The van der Waals surface area contributed by atoms with Gasteiger partial charge in [-0.1, -0.05) is 17.3 Å². The quantitative estimate of drug-likeness (QED) is 0.363. The Labute approximate surface area is 214 Å². The molecule has 2 aromatic heterocycles. The fourth-order valence-corrected chi connectivity index (χ4v) is 4.55. The number of primary sulfonamides is 1. The number of ether oxygens (including phenoxy) is 2. The molecule has 0 saturated carbocycles. The number of rotatable bonds is 8. The second-order valence-electron chi connectivity index (χ2n) is 8.32. The van der Waals surface area contributed by atoms with E-state index in [-0.39, 0.29) is 11.5 Å². The van der Waals surface area contributed by atoms with Crippen LogP contribution in [-0.4, -0.2) is 66.7 Å². The van der Waals surface area contributed by atoms with Crippen molar-refractivity contribution in [3.63, 3.8) is 0 Å². The van der Waals surface area contributed by atoms with Gasteiger partial charge in [-0.05, 0) is 36.4 Å². The molecule has 13 heteroatoms. The number of sulfonamides is 1. The van der Waals surface area contributed by atoms with Crippen molar-refractivity contribution in [3.8, 4) is 17.3 Å². The molecule has 1 aliphatic rings. The van der Waals surface area contributed by atoms with Crippen LogP contribution in [0.2, 0.25) is 0 Å². The number of anilines is 2. The van der Waals surface area contributed by atoms with Crippen LogP contribution < -0.4 is 24.4 Å². The van der Waals surface area contributed by atoms with Crippen LogP contribution in [0.1, 0.15) is 5.69 Å². The molecule has 1 saturated heterocycles. The number of hydrogen-bond donors (Lipinski definition) is 1. The highest BCUT2D eigenvalue weighted by molar-refractivity contribution is 7.89. The number of aromatic nitrogens is 5. The summed E-state index contributed by atoms with van der Waals surface area (Å²) in [7, 11) is -2.07. The maximum Gasteiger partial charge on any atom is 0.238 e. The molecule has 4 aromatic rings. The van der Waals surface area contributed by atoms with Gasteiger partial charge >= 0.3 is 0 Å². The number of piperazine rings is 1.